The Morgan fingerprint density at radius 3 is 2.39 bits per heavy atom. The maximum absolute atomic E-state index is 13.1. The quantitative estimate of drug-likeness (QED) is 0.786. The Balaban J connectivity index is 1.30. The fraction of sp³-hybridized carbons (Fsp3) is 0.609. The lowest BCUT2D eigenvalue weighted by atomic mass is 9.86. The van der Waals surface area contributed by atoms with Gasteiger partial charge in [0, 0.05) is 38.1 Å². The van der Waals surface area contributed by atoms with Gasteiger partial charge in [0.25, 0.3) is 0 Å². The van der Waals surface area contributed by atoms with Gasteiger partial charge in [-0.15, -0.1) is 0 Å². The van der Waals surface area contributed by atoms with Crippen LogP contribution in [0, 0.1) is 11.8 Å². The van der Waals surface area contributed by atoms with Crippen molar-refractivity contribution in [2.75, 3.05) is 13.1 Å². The molecule has 0 radical (unpaired) electrons. The number of carbonyl (C=O) groups is 2. The van der Waals surface area contributed by atoms with Gasteiger partial charge >= 0.3 is 0 Å². The second-order valence-electron chi connectivity index (χ2n) is 8.51. The summed E-state index contributed by atoms with van der Waals surface area (Å²) in [4.78, 5) is 27.7. The number of hydrogen-bond donors (Lipinski definition) is 0. The number of benzene rings is 1. The van der Waals surface area contributed by atoms with Crippen LogP contribution in [0.4, 0.5) is 0 Å². The lowest BCUT2D eigenvalue weighted by Crippen LogP contribution is -2.43. The summed E-state index contributed by atoms with van der Waals surface area (Å²) in [5, 5.41) is 6.06. The first-order valence-corrected chi connectivity index (χ1v) is 10.9. The summed E-state index contributed by atoms with van der Waals surface area (Å²) in [7, 11) is 0. The zero-order valence-electron chi connectivity index (χ0n) is 16.6. The Morgan fingerprint density at radius 1 is 0.964 bits per heavy atom. The molecule has 3 aliphatic rings. The molecule has 2 aliphatic heterocycles. The summed E-state index contributed by atoms with van der Waals surface area (Å²) in [6.45, 7) is 1.41. The second kappa shape index (κ2) is 8.89. The van der Waals surface area contributed by atoms with Gasteiger partial charge in [0.05, 0.1) is 6.04 Å². The Kier molecular flexibility index (Phi) is 6.08. The van der Waals surface area contributed by atoms with Crippen LogP contribution < -0.4 is 0 Å². The fourth-order valence-corrected chi connectivity index (χ4v) is 4.91. The molecule has 0 N–H and O–H groups in total. The highest BCUT2D eigenvalue weighted by Gasteiger charge is 2.35. The van der Waals surface area contributed by atoms with E-state index in [1.54, 1.807) is 5.01 Å². The van der Waals surface area contributed by atoms with Crippen LogP contribution in [0.25, 0.3) is 0 Å². The van der Waals surface area contributed by atoms with E-state index in [9.17, 15) is 9.59 Å². The van der Waals surface area contributed by atoms with Crippen molar-refractivity contribution in [2.45, 2.75) is 63.8 Å². The molecule has 2 heterocycles. The molecule has 0 aromatic heterocycles. The zero-order chi connectivity index (χ0) is 19.3. The number of hydrazone groups is 1. The predicted octanol–water partition coefficient (Wildman–Crippen LogP) is 4.15. The standard InChI is InChI=1S/C23H31N3O2/c27-22(17-18-7-3-1-4-8-18)25-15-12-20(13-16-25)23(28)26-21(11-14-24-26)19-9-5-2-6-10-19/h2,5-6,9-10,14,18,20-21H,1,3-4,7-8,11-13,15-17H2. The second-order valence-corrected chi connectivity index (χ2v) is 8.51. The summed E-state index contributed by atoms with van der Waals surface area (Å²) in [5.74, 6) is 0.951. The van der Waals surface area contributed by atoms with Gasteiger partial charge in [0.15, 0.2) is 0 Å². The molecule has 4 rings (SSSR count). The van der Waals surface area contributed by atoms with Gasteiger partial charge in [-0.1, -0.05) is 49.6 Å². The Morgan fingerprint density at radius 2 is 1.68 bits per heavy atom. The number of amides is 2. The normalized spacial score (nSPS) is 23.9. The average Bonchev–Trinajstić information content (AvgIpc) is 3.24. The highest BCUT2D eigenvalue weighted by atomic mass is 16.2. The molecule has 1 atom stereocenters. The van der Waals surface area contributed by atoms with Crippen LogP contribution >= 0.6 is 0 Å². The van der Waals surface area contributed by atoms with Gasteiger partial charge in [0.1, 0.15) is 0 Å². The van der Waals surface area contributed by atoms with Crippen LogP contribution in [0.15, 0.2) is 35.4 Å². The Labute approximate surface area is 167 Å². The molecular formula is C23H31N3O2. The molecule has 0 spiro atoms. The van der Waals surface area contributed by atoms with Crippen molar-refractivity contribution in [1.29, 1.82) is 0 Å². The van der Waals surface area contributed by atoms with Crippen LogP contribution in [-0.2, 0) is 9.59 Å². The van der Waals surface area contributed by atoms with Gasteiger partial charge in [-0.05, 0) is 37.2 Å². The third kappa shape index (κ3) is 4.29. The third-order valence-corrected chi connectivity index (χ3v) is 6.63. The summed E-state index contributed by atoms with van der Waals surface area (Å²) in [5.41, 5.74) is 1.13. The molecule has 5 heteroatoms. The van der Waals surface area contributed by atoms with Crippen LogP contribution in [0.1, 0.15) is 69.4 Å². The minimum absolute atomic E-state index is 0.0136. The maximum Gasteiger partial charge on any atom is 0.246 e. The molecule has 28 heavy (non-hydrogen) atoms. The molecule has 1 saturated heterocycles. The molecule has 1 aliphatic carbocycles. The first-order chi connectivity index (χ1) is 13.7. The van der Waals surface area contributed by atoms with Crippen molar-refractivity contribution in [3.63, 3.8) is 0 Å². The highest BCUT2D eigenvalue weighted by molar-refractivity contribution is 5.82. The van der Waals surface area contributed by atoms with Gasteiger partial charge in [-0.3, -0.25) is 9.59 Å². The number of piperidine rings is 1. The Hall–Kier alpha value is -2.17. The molecule has 1 saturated carbocycles. The van der Waals surface area contributed by atoms with E-state index in [0.29, 0.717) is 31.3 Å². The number of likely N-dealkylation sites (tertiary alicyclic amines) is 1. The first-order valence-electron chi connectivity index (χ1n) is 10.9. The van der Waals surface area contributed by atoms with E-state index in [1.807, 2.05) is 29.3 Å². The largest absolute Gasteiger partial charge is 0.343 e. The van der Waals surface area contributed by atoms with Gasteiger partial charge in [0.2, 0.25) is 11.8 Å². The van der Waals surface area contributed by atoms with Crippen LogP contribution in [0.2, 0.25) is 0 Å². The topological polar surface area (TPSA) is 53.0 Å². The molecule has 1 unspecified atom stereocenters. The summed E-state index contributed by atoms with van der Waals surface area (Å²) in [6.07, 6.45) is 11.1. The minimum atomic E-state index is -0.0276. The van der Waals surface area contributed by atoms with Crippen LogP contribution in [0.5, 0.6) is 0 Å². The van der Waals surface area contributed by atoms with Crippen LogP contribution in [0.3, 0.4) is 0 Å². The first kappa shape index (κ1) is 19.2. The molecule has 5 nitrogen and oxygen atoms in total. The molecule has 2 amide bonds. The summed E-state index contributed by atoms with van der Waals surface area (Å²) in [6, 6.07) is 10.1. The molecule has 0 bridgehead atoms. The maximum atomic E-state index is 13.1. The lowest BCUT2D eigenvalue weighted by molar-refractivity contribution is -0.142. The smallest absolute Gasteiger partial charge is 0.246 e. The van der Waals surface area contributed by atoms with Gasteiger partial charge in [-0.25, -0.2) is 5.01 Å². The summed E-state index contributed by atoms with van der Waals surface area (Å²) < 4.78 is 0. The molecule has 2 fully saturated rings. The molecule has 1 aromatic carbocycles. The van der Waals surface area contributed by atoms with Gasteiger partial charge < -0.3 is 4.90 Å². The van der Waals surface area contributed by atoms with Crippen molar-refractivity contribution in [1.82, 2.24) is 9.91 Å². The van der Waals surface area contributed by atoms with Crippen molar-refractivity contribution >= 4 is 18.0 Å². The van der Waals surface area contributed by atoms with Crippen molar-refractivity contribution in [3.05, 3.63) is 35.9 Å². The van der Waals surface area contributed by atoms with Crippen molar-refractivity contribution in [3.8, 4) is 0 Å². The highest BCUT2D eigenvalue weighted by Crippen LogP contribution is 2.32. The molecular weight excluding hydrogens is 350 g/mol. The van der Waals surface area contributed by atoms with Gasteiger partial charge in [-0.2, -0.15) is 5.10 Å². The average molecular weight is 382 g/mol. The SMILES string of the molecule is O=C(CC1CCCCC1)N1CCC(C(=O)N2N=CCC2c2ccccc2)CC1. The molecule has 150 valence electrons. The van der Waals surface area contributed by atoms with Crippen molar-refractivity contribution < 1.29 is 9.59 Å². The van der Waals surface area contributed by atoms with E-state index in [0.717, 1.165) is 24.8 Å². The van der Waals surface area contributed by atoms with E-state index in [-0.39, 0.29) is 17.9 Å². The van der Waals surface area contributed by atoms with E-state index in [2.05, 4.69) is 17.2 Å². The lowest BCUT2D eigenvalue weighted by Gasteiger charge is -2.34. The number of rotatable bonds is 4. The molecule has 1 aromatic rings. The number of nitrogens with zero attached hydrogens (tertiary/aromatic N) is 3. The summed E-state index contributed by atoms with van der Waals surface area (Å²) >= 11 is 0. The monoisotopic (exact) mass is 381 g/mol. The number of carbonyl (C=O) groups excluding carboxylic acids is 2. The van der Waals surface area contributed by atoms with E-state index in [4.69, 9.17) is 0 Å². The number of hydrogen-bond acceptors (Lipinski definition) is 3. The fourth-order valence-electron chi connectivity index (χ4n) is 4.91. The van der Waals surface area contributed by atoms with Crippen molar-refractivity contribution in [2.24, 2.45) is 16.9 Å². The zero-order valence-corrected chi connectivity index (χ0v) is 16.6. The Bertz CT molecular complexity index is 704. The van der Waals surface area contributed by atoms with E-state index in [1.165, 1.54) is 32.1 Å². The van der Waals surface area contributed by atoms with E-state index < -0.39 is 0 Å². The van der Waals surface area contributed by atoms with Crippen LogP contribution in [-0.4, -0.2) is 41.0 Å². The minimum Gasteiger partial charge on any atom is -0.343 e. The van der Waals surface area contributed by atoms with E-state index >= 15 is 0 Å². The predicted molar refractivity (Wildman–Crippen MR) is 110 cm³/mol. The third-order valence-electron chi connectivity index (χ3n) is 6.63.